The van der Waals surface area contributed by atoms with Gasteiger partial charge in [-0.15, -0.1) is 0 Å². The van der Waals surface area contributed by atoms with E-state index in [2.05, 4.69) is 42.6 Å². The molecule has 0 spiro atoms. The zero-order chi connectivity index (χ0) is 30.8. The van der Waals surface area contributed by atoms with E-state index in [9.17, 15) is 14.9 Å². The van der Waals surface area contributed by atoms with Gasteiger partial charge in [0.1, 0.15) is 18.2 Å². The second-order valence-corrected chi connectivity index (χ2v) is 11.4. The third-order valence-corrected chi connectivity index (χ3v) is 6.91. The van der Waals surface area contributed by atoms with Gasteiger partial charge in [0.25, 0.3) is 0 Å². The molecule has 0 fully saturated rings. The maximum atomic E-state index is 15.1. The van der Waals surface area contributed by atoms with Crippen LogP contribution < -0.4 is 10.6 Å². The number of anilines is 1. The van der Waals surface area contributed by atoms with Crippen molar-refractivity contribution in [3.8, 4) is 6.07 Å². The number of benzene rings is 2. The van der Waals surface area contributed by atoms with Crippen molar-refractivity contribution in [2.75, 3.05) is 18.9 Å². The van der Waals surface area contributed by atoms with Gasteiger partial charge in [-0.2, -0.15) is 10.4 Å². The lowest BCUT2D eigenvalue weighted by Gasteiger charge is -2.38. The number of likely N-dealkylation sites (N-methyl/N-ethyl adjacent to an activating group) is 1. The first-order chi connectivity index (χ1) is 19.3. The van der Waals surface area contributed by atoms with E-state index in [0.29, 0.717) is 25.1 Å². The molecule has 0 saturated carbocycles. The van der Waals surface area contributed by atoms with E-state index in [-0.39, 0.29) is 39.7 Å². The standard InChI is InChI=1S/C23H26Cl2F2N2.C6H7N3O3/c1-22(2,3)10-11-23(14-28,17-9-8-15(24)12-20(17)26)18(13-29-4)16-6-5-7-19(25)21(16)27;10-4-7-5-1-2-9(8-5)3-6(11)12/h5-9,12,18,29H,10-11,13H2,1-4H3;1-2,4H,3H2,(H,11,12)(H,7,8,10)/t18?,23-;/m0./s1. The summed E-state index contributed by atoms with van der Waals surface area (Å²) in [7, 11) is 1.72. The Kier molecular flexibility index (Phi) is 12.3. The number of carbonyl (C=O) groups excluding carboxylic acids is 1. The summed E-state index contributed by atoms with van der Waals surface area (Å²) in [4.78, 5) is 20.1. The molecule has 2 atom stereocenters. The van der Waals surface area contributed by atoms with Crippen molar-refractivity contribution in [1.82, 2.24) is 15.1 Å². The number of hydrogen-bond acceptors (Lipinski definition) is 5. The van der Waals surface area contributed by atoms with Crippen molar-refractivity contribution < 1.29 is 23.5 Å². The van der Waals surface area contributed by atoms with Crippen molar-refractivity contribution in [2.24, 2.45) is 5.41 Å². The van der Waals surface area contributed by atoms with Crippen LogP contribution in [0, 0.1) is 28.4 Å². The Hall–Kier alpha value is -3.52. The fourth-order valence-electron chi connectivity index (χ4n) is 4.38. The van der Waals surface area contributed by atoms with Gasteiger partial charge in [0.05, 0.1) is 16.5 Å². The number of carboxylic acids is 1. The molecule has 0 bridgehead atoms. The molecule has 3 N–H and O–H groups in total. The summed E-state index contributed by atoms with van der Waals surface area (Å²) >= 11 is 12.0. The van der Waals surface area contributed by atoms with E-state index >= 15 is 8.78 Å². The minimum Gasteiger partial charge on any atom is -0.480 e. The molecular formula is C29H33Cl2F2N5O3. The summed E-state index contributed by atoms with van der Waals surface area (Å²) in [6.07, 6.45) is 2.95. The molecule has 1 aromatic heterocycles. The topological polar surface area (TPSA) is 120 Å². The molecule has 3 rings (SSSR count). The highest BCUT2D eigenvalue weighted by molar-refractivity contribution is 6.31. The number of nitrogens with zero attached hydrogens (tertiary/aromatic N) is 3. The van der Waals surface area contributed by atoms with E-state index in [1.165, 1.54) is 35.1 Å². The molecule has 3 aromatic rings. The molecule has 1 amide bonds. The van der Waals surface area contributed by atoms with Crippen LogP contribution in [-0.4, -0.2) is 40.9 Å². The molecule has 2 aromatic carbocycles. The molecule has 0 aliphatic heterocycles. The van der Waals surface area contributed by atoms with Crippen molar-refractivity contribution in [3.05, 3.63) is 81.5 Å². The Labute approximate surface area is 248 Å². The quantitative estimate of drug-likeness (QED) is 0.217. The number of halogens is 4. The number of amides is 1. The van der Waals surface area contributed by atoms with E-state index < -0.39 is 28.9 Å². The summed E-state index contributed by atoms with van der Waals surface area (Å²) in [5, 5.41) is 28.1. The molecule has 8 nitrogen and oxygen atoms in total. The van der Waals surface area contributed by atoms with Gasteiger partial charge in [0.15, 0.2) is 5.82 Å². The van der Waals surface area contributed by atoms with Gasteiger partial charge in [-0.25, -0.2) is 8.78 Å². The molecule has 12 heteroatoms. The number of nitrogens with one attached hydrogen (secondary N) is 2. The van der Waals surface area contributed by atoms with Crippen LogP contribution in [-0.2, 0) is 21.5 Å². The second-order valence-electron chi connectivity index (χ2n) is 10.6. The highest BCUT2D eigenvalue weighted by atomic mass is 35.5. The van der Waals surface area contributed by atoms with E-state index in [4.69, 9.17) is 28.3 Å². The summed E-state index contributed by atoms with van der Waals surface area (Å²) < 4.78 is 31.3. The van der Waals surface area contributed by atoms with E-state index in [0.717, 1.165) is 0 Å². The highest BCUT2D eigenvalue weighted by Crippen LogP contribution is 2.46. The highest BCUT2D eigenvalue weighted by Gasteiger charge is 2.45. The summed E-state index contributed by atoms with van der Waals surface area (Å²) in [6.45, 7) is 6.23. The first-order valence-corrected chi connectivity index (χ1v) is 13.4. The van der Waals surface area contributed by atoms with Crippen LogP contribution >= 0.6 is 23.2 Å². The molecule has 1 heterocycles. The first kappa shape index (κ1) is 33.7. The molecule has 0 radical (unpaired) electrons. The third-order valence-electron chi connectivity index (χ3n) is 6.39. The second kappa shape index (κ2) is 14.9. The number of aromatic nitrogens is 2. The Bertz CT molecular complexity index is 1390. The van der Waals surface area contributed by atoms with Crippen LogP contribution in [0.2, 0.25) is 10.0 Å². The van der Waals surface area contributed by atoms with Crippen molar-refractivity contribution >= 4 is 41.4 Å². The number of rotatable bonds is 11. The van der Waals surface area contributed by atoms with Gasteiger partial charge >= 0.3 is 5.97 Å². The Morgan fingerprint density at radius 1 is 1.20 bits per heavy atom. The zero-order valence-electron chi connectivity index (χ0n) is 23.2. The molecule has 220 valence electrons. The van der Waals surface area contributed by atoms with Gasteiger partial charge in [-0.3, -0.25) is 14.3 Å². The maximum absolute atomic E-state index is 15.1. The number of aliphatic carboxylic acids is 1. The van der Waals surface area contributed by atoms with Gasteiger partial charge in [0, 0.05) is 35.3 Å². The van der Waals surface area contributed by atoms with Crippen molar-refractivity contribution in [1.29, 1.82) is 5.26 Å². The maximum Gasteiger partial charge on any atom is 0.325 e. The molecule has 41 heavy (non-hydrogen) atoms. The smallest absolute Gasteiger partial charge is 0.325 e. The summed E-state index contributed by atoms with van der Waals surface area (Å²) in [5.74, 6) is -2.45. The lowest BCUT2D eigenvalue weighted by Crippen LogP contribution is -2.39. The predicted molar refractivity (Wildman–Crippen MR) is 155 cm³/mol. The molecule has 1 unspecified atom stereocenters. The number of nitriles is 1. The molecular weight excluding hydrogens is 575 g/mol. The lowest BCUT2D eigenvalue weighted by molar-refractivity contribution is -0.137. The average molecular weight is 609 g/mol. The van der Waals surface area contributed by atoms with E-state index in [1.54, 1.807) is 25.2 Å². The minimum atomic E-state index is -1.31. The number of carboxylic acid groups (broad SMARTS) is 1. The molecule has 0 aliphatic rings. The number of carbonyl (C=O) groups is 2. The van der Waals surface area contributed by atoms with Crippen LogP contribution in [0.25, 0.3) is 0 Å². The van der Waals surface area contributed by atoms with Gasteiger partial charge in [-0.1, -0.05) is 62.2 Å². The Balaban J connectivity index is 0.000000408. The van der Waals surface area contributed by atoms with Gasteiger partial charge in [0.2, 0.25) is 6.41 Å². The fraction of sp³-hybridized carbons (Fsp3) is 0.379. The van der Waals surface area contributed by atoms with E-state index in [1.807, 2.05) is 0 Å². The van der Waals surface area contributed by atoms with Gasteiger partial charge in [-0.05, 0) is 49.1 Å². The molecule has 0 saturated heterocycles. The van der Waals surface area contributed by atoms with Crippen LogP contribution in [0.1, 0.15) is 50.7 Å². The summed E-state index contributed by atoms with van der Waals surface area (Å²) in [6, 6.07) is 12.9. The average Bonchev–Trinajstić information content (AvgIpc) is 3.32. The van der Waals surface area contributed by atoms with Crippen molar-refractivity contribution in [2.45, 2.75) is 51.5 Å². The zero-order valence-corrected chi connectivity index (χ0v) is 24.7. The minimum absolute atomic E-state index is 0.0251. The first-order valence-electron chi connectivity index (χ1n) is 12.7. The van der Waals surface area contributed by atoms with Crippen LogP contribution in [0.3, 0.4) is 0 Å². The van der Waals surface area contributed by atoms with Crippen LogP contribution in [0.15, 0.2) is 48.7 Å². The predicted octanol–water partition coefficient (Wildman–Crippen LogP) is 6.40. The van der Waals surface area contributed by atoms with Gasteiger partial charge < -0.3 is 15.7 Å². The van der Waals surface area contributed by atoms with Crippen molar-refractivity contribution in [3.63, 3.8) is 0 Å². The molecule has 0 aliphatic carbocycles. The van der Waals surface area contributed by atoms with Crippen LogP contribution in [0.5, 0.6) is 0 Å². The third kappa shape index (κ3) is 9.25. The lowest BCUT2D eigenvalue weighted by atomic mass is 9.64. The fourth-order valence-corrected chi connectivity index (χ4v) is 4.72. The Morgan fingerprint density at radius 3 is 2.46 bits per heavy atom. The monoisotopic (exact) mass is 607 g/mol. The normalized spacial score (nSPS) is 13.2. The van der Waals surface area contributed by atoms with Crippen LogP contribution in [0.4, 0.5) is 14.6 Å². The Morgan fingerprint density at radius 2 is 1.90 bits per heavy atom. The SMILES string of the molecule is CNCC(c1cccc(Cl)c1F)[C@](C#N)(CCC(C)(C)C)c1ccc(Cl)cc1F.O=CNc1ccn(CC(=O)O)n1. The number of hydrogen-bond donors (Lipinski definition) is 3. The summed E-state index contributed by atoms with van der Waals surface area (Å²) in [5.41, 5.74) is -0.900. The largest absolute Gasteiger partial charge is 0.480 e.